The number of imidazole rings is 1. The summed E-state index contributed by atoms with van der Waals surface area (Å²) in [5.41, 5.74) is 24.7. The van der Waals surface area contributed by atoms with Crippen molar-refractivity contribution in [2.24, 2.45) is 46.6 Å². The number of H-pyrrole nitrogens is 1. The average Bonchev–Trinajstić information content (AvgIpc) is 3.89. The number of carboxylic acid groups (broad SMARTS) is 2. The van der Waals surface area contributed by atoms with E-state index in [-0.39, 0.29) is 66.5 Å². The van der Waals surface area contributed by atoms with Crippen molar-refractivity contribution in [3.05, 3.63) is 90.0 Å². The Labute approximate surface area is 456 Å². The molecule has 0 unspecified atom stereocenters. The van der Waals surface area contributed by atoms with Crippen LogP contribution in [-0.2, 0) is 79.5 Å². The molecule has 425 valence electrons. The van der Waals surface area contributed by atoms with Gasteiger partial charge in [0.25, 0.3) is 0 Å². The van der Waals surface area contributed by atoms with Gasteiger partial charge in [-0.3, -0.25) is 28.8 Å². The molecule has 0 aliphatic carbocycles. The smallest absolute Gasteiger partial charge is 0.548 e. The Balaban J connectivity index is 0.00000111. The predicted octanol–water partition coefficient (Wildman–Crippen LogP) is -2.71. The van der Waals surface area contributed by atoms with Crippen LogP contribution in [0.15, 0.2) is 73.2 Å². The van der Waals surface area contributed by atoms with E-state index in [2.05, 4.69) is 41.9 Å². The third kappa shape index (κ3) is 26.8. The molecule has 23 nitrogen and oxygen atoms in total. The standard InChI is InChI=1S/2C19H29N3O4.C14H23N6O3.Cu/c2*1-11(2)15(20)18(24)21-14(10-13-8-6-5-7-9-13)17(23)22-16(12(3)4)19(25)26;15-4-2-1-3-10(8-21)19-14(23)12(20-13(22)6-16)5-11-7-17-9-18-11;/h2*5-9,11-12,14-16H,10,20H2,1-4H3,(H,21,24)(H,22,23)(H,25,26);7,9-10,12H,1-6,15-16H2,(H,17,18)(H,19,23)(H,20,22);/q;;-1;+2/p-2/t2*14-,15-,16-;10-,12-;/m000./s1. The van der Waals surface area contributed by atoms with E-state index in [1.165, 1.54) is 6.33 Å². The van der Waals surface area contributed by atoms with Crippen LogP contribution in [-0.4, -0.2) is 125 Å². The first-order valence-corrected chi connectivity index (χ1v) is 24.9. The molecule has 6 amide bonds. The van der Waals surface area contributed by atoms with Crippen molar-refractivity contribution >= 4 is 53.7 Å². The number of unbranched alkanes of at least 4 members (excludes halogenated alkanes) is 1. The summed E-state index contributed by atoms with van der Waals surface area (Å²) in [4.78, 5) is 114. The quantitative estimate of drug-likeness (QED) is 0.0191. The Morgan fingerprint density at radius 2 is 0.974 bits per heavy atom. The van der Waals surface area contributed by atoms with Gasteiger partial charge in [-0.2, -0.15) is 0 Å². The monoisotopic (exact) mass is 1110 g/mol. The zero-order valence-corrected chi connectivity index (χ0v) is 45.5. The van der Waals surface area contributed by atoms with Gasteiger partial charge in [0.15, 0.2) is 0 Å². The summed E-state index contributed by atoms with van der Waals surface area (Å²) in [5.74, 6) is -6.62. The van der Waals surface area contributed by atoms with Crippen molar-refractivity contribution in [2.45, 2.75) is 142 Å². The Morgan fingerprint density at radius 1 is 0.566 bits per heavy atom. The van der Waals surface area contributed by atoms with E-state index >= 15 is 0 Å². The third-order valence-corrected chi connectivity index (χ3v) is 11.5. The van der Waals surface area contributed by atoms with Crippen molar-refractivity contribution in [2.75, 3.05) is 13.1 Å². The predicted molar refractivity (Wildman–Crippen MR) is 277 cm³/mol. The van der Waals surface area contributed by atoms with Crippen molar-refractivity contribution in [3.8, 4) is 0 Å². The molecule has 3 rings (SSSR count). The average molecular weight is 1110 g/mol. The van der Waals surface area contributed by atoms with Gasteiger partial charge in [-0.05, 0) is 47.8 Å². The SMILES string of the molecule is CC(C)[C@H](N)C(=O)N[C@@H](Cc1ccccc1)C(=O)N[C@H](C(=O)[O-])C(C)C.CC(C)[C@H](N)C(=O)N[C@@H](Cc1ccccc1)C(=O)N[C@H](C(=O)[O-])C(C)C.NCCCC[C@@H]([C-]=O)NC(=O)[C@H](Cc1cnc[nH]1)NC(=O)CN.[Cu+2]. The van der Waals surface area contributed by atoms with Crippen LogP contribution in [0.1, 0.15) is 91.5 Å². The largest absolute Gasteiger partial charge is 2.00 e. The van der Waals surface area contributed by atoms with Gasteiger partial charge in [0, 0.05) is 31.2 Å². The number of carbonyl (C=O) groups is 8. The first kappa shape index (κ1) is 69.4. The second kappa shape index (κ2) is 37.2. The van der Waals surface area contributed by atoms with E-state index in [0.29, 0.717) is 25.1 Å². The first-order chi connectivity index (χ1) is 35.4. The molecule has 8 atom stereocenters. The van der Waals surface area contributed by atoms with Crippen molar-refractivity contribution < 1.29 is 70.4 Å². The number of aliphatic carboxylic acids is 2. The summed E-state index contributed by atoms with van der Waals surface area (Å²) >= 11 is 0. The van der Waals surface area contributed by atoms with Gasteiger partial charge in [0.1, 0.15) is 18.1 Å². The number of hydrogen-bond acceptors (Lipinski definition) is 16. The van der Waals surface area contributed by atoms with Crippen molar-refractivity contribution in [3.63, 3.8) is 0 Å². The molecular formula is C52H79CuN12O11-. The van der Waals surface area contributed by atoms with Gasteiger partial charge in [0.05, 0.1) is 49.0 Å². The second-order valence-electron chi connectivity index (χ2n) is 19.2. The van der Waals surface area contributed by atoms with E-state index in [4.69, 9.17) is 22.9 Å². The molecule has 0 saturated heterocycles. The minimum atomic E-state index is -1.36. The Bertz CT molecular complexity index is 2110. The van der Waals surface area contributed by atoms with Gasteiger partial charge < -0.3 is 84.4 Å². The number of nitrogens with two attached hydrogens (primary N) is 4. The van der Waals surface area contributed by atoms with E-state index in [1.807, 2.05) is 60.7 Å². The molecule has 2 aromatic carbocycles. The first-order valence-electron chi connectivity index (χ1n) is 24.9. The molecule has 0 spiro atoms. The number of amides is 6. The maximum atomic E-state index is 12.6. The Morgan fingerprint density at radius 3 is 1.30 bits per heavy atom. The molecule has 15 N–H and O–H groups in total. The number of carboxylic acids is 2. The maximum absolute atomic E-state index is 12.6. The number of nitrogens with zero attached hydrogens (tertiary/aromatic N) is 1. The maximum Gasteiger partial charge on any atom is 2.00 e. The molecular weight excluding hydrogens is 1030 g/mol. The number of benzene rings is 2. The normalized spacial score (nSPS) is 13.9. The zero-order chi connectivity index (χ0) is 56.8. The molecule has 1 radical (unpaired) electrons. The number of hydrogen-bond donors (Lipinski definition) is 11. The van der Waals surface area contributed by atoms with E-state index in [9.17, 15) is 53.4 Å². The number of carbonyl (C=O) groups excluding carboxylic acids is 9. The fourth-order valence-corrected chi connectivity index (χ4v) is 6.77. The van der Waals surface area contributed by atoms with E-state index in [1.54, 1.807) is 67.9 Å². The zero-order valence-electron chi connectivity index (χ0n) is 44.6. The van der Waals surface area contributed by atoms with Crippen LogP contribution in [0.4, 0.5) is 0 Å². The molecule has 1 heterocycles. The van der Waals surface area contributed by atoms with Gasteiger partial charge >= 0.3 is 17.1 Å². The minimum Gasteiger partial charge on any atom is -0.548 e. The summed E-state index contributed by atoms with van der Waals surface area (Å²) in [6.45, 7) is 14.2. The summed E-state index contributed by atoms with van der Waals surface area (Å²) in [7, 11) is 0. The van der Waals surface area contributed by atoms with Crippen molar-refractivity contribution in [1.82, 2.24) is 41.9 Å². The van der Waals surface area contributed by atoms with Crippen LogP contribution in [0, 0.1) is 23.7 Å². The Hall–Kier alpha value is -6.56. The molecule has 0 aliphatic rings. The summed E-state index contributed by atoms with van der Waals surface area (Å²) < 4.78 is 0. The topological polar surface area (TPSA) is 405 Å². The second-order valence-corrected chi connectivity index (χ2v) is 19.2. The van der Waals surface area contributed by atoms with Crippen LogP contribution in [0.3, 0.4) is 0 Å². The van der Waals surface area contributed by atoms with E-state index < -0.39 is 95.7 Å². The van der Waals surface area contributed by atoms with Gasteiger partial charge in [-0.25, -0.2) is 11.3 Å². The van der Waals surface area contributed by atoms with Gasteiger partial charge in [0.2, 0.25) is 35.4 Å². The number of rotatable bonds is 29. The van der Waals surface area contributed by atoms with Crippen LogP contribution in [0.2, 0.25) is 0 Å². The third-order valence-electron chi connectivity index (χ3n) is 11.5. The summed E-state index contributed by atoms with van der Waals surface area (Å²) in [6.07, 6.45) is 7.40. The van der Waals surface area contributed by atoms with Crippen LogP contribution >= 0.6 is 0 Å². The van der Waals surface area contributed by atoms with Crippen LogP contribution in [0.5, 0.6) is 0 Å². The van der Waals surface area contributed by atoms with E-state index in [0.717, 1.165) is 17.5 Å². The minimum absolute atomic E-state index is 0. The molecule has 0 fully saturated rings. The number of nitrogens with one attached hydrogen (secondary N) is 7. The molecule has 24 heteroatoms. The van der Waals surface area contributed by atoms with Gasteiger partial charge in [-0.1, -0.05) is 135 Å². The molecule has 1 aromatic heterocycles. The molecule has 0 saturated carbocycles. The Kier molecular flexibility index (Phi) is 34.0. The molecule has 0 aliphatic heterocycles. The summed E-state index contributed by atoms with van der Waals surface area (Å²) in [6, 6.07) is 11.0. The molecule has 0 bridgehead atoms. The summed E-state index contributed by atoms with van der Waals surface area (Å²) in [5, 5.41) is 37.8. The number of aromatic nitrogens is 2. The molecule has 76 heavy (non-hydrogen) atoms. The van der Waals surface area contributed by atoms with Crippen LogP contribution in [0.25, 0.3) is 0 Å². The fourth-order valence-electron chi connectivity index (χ4n) is 6.77. The molecule has 3 aromatic rings. The fraction of sp³-hybridized carbons (Fsp3) is 0.538. The number of aromatic amines is 1. The van der Waals surface area contributed by atoms with Gasteiger partial charge in [-0.15, -0.1) is 0 Å². The van der Waals surface area contributed by atoms with Crippen LogP contribution < -0.4 is 65.0 Å². The van der Waals surface area contributed by atoms with Crippen molar-refractivity contribution in [1.29, 1.82) is 0 Å².